The number of fused-ring (bicyclic) bond motifs is 2. The van der Waals surface area contributed by atoms with Gasteiger partial charge in [-0.1, -0.05) is 23.5 Å². The highest BCUT2D eigenvalue weighted by Crippen LogP contribution is 2.40. The van der Waals surface area contributed by atoms with Crippen LogP contribution in [0.5, 0.6) is 17.2 Å². The van der Waals surface area contributed by atoms with Gasteiger partial charge in [0.1, 0.15) is 13.2 Å². The van der Waals surface area contributed by atoms with E-state index in [4.69, 9.17) is 14.2 Å². The van der Waals surface area contributed by atoms with Crippen LogP contribution in [-0.2, 0) is 0 Å². The van der Waals surface area contributed by atoms with Gasteiger partial charge in [-0.15, -0.1) is 0 Å². The smallest absolute Gasteiger partial charge is 0.257 e. The molecule has 128 valence electrons. The third kappa shape index (κ3) is 2.87. The van der Waals surface area contributed by atoms with Gasteiger partial charge >= 0.3 is 0 Å². The number of aromatic nitrogens is 1. The molecule has 25 heavy (non-hydrogen) atoms. The lowest BCUT2D eigenvalue weighted by Gasteiger charge is -2.21. The van der Waals surface area contributed by atoms with E-state index in [0.29, 0.717) is 41.2 Å². The van der Waals surface area contributed by atoms with E-state index in [1.165, 1.54) is 18.4 Å². The number of methoxy groups -OCH3 is 1. The molecule has 0 radical (unpaired) electrons. The number of hydrogen-bond acceptors (Lipinski definition) is 6. The van der Waals surface area contributed by atoms with Gasteiger partial charge in [-0.2, -0.15) is 0 Å². The minimum atomic E-state index is -0.271. The lowest BCUT2D eigenvalue weighted by atomic mass is 10.1. The van der Waals surface area contributed by atoms with Crippen molar-refractivity contribution in [2.75, 3.05) is 25.6 Å². The molecule has 4 rings (SSSR count). The first-order valence-corrected chi connectivity index (χ1v) is 8.62. The van der Waals surface area contributed by atoms with Gasteiger partial charge in [-0.25, -0.2) is 4.98 Å². The molecule has 0 aliphatic carbocycles. The van der Waals surface area contributed by atoms with Crippen LogP contribution in [0.3, 0.4) is 0 Å². The maximum absolute atomic E-state index is 12.6. The number of amides is 1. The Hall–Kier alpha value is -2.80. The number of benzene rings is 2. The average molecular weight is 356 g/mol. The van der Waals surface area contributed by atoms with Crippen LogP contribution in [-0.4, -0.2) is 31.2 Å². The van der Waals surface area contributed by atoms with E-state index in [-0.39, 0.29) is 5.91 Å². The zero-order chi connectivity index (χ0) is 17.4. The van der Waals surface area contributed by atoms with Crippen LogP contribution in [0.2, 0.25) is 0 Å². The van der Waals surface area contributed by atoms with Crippen LogP contribution >= 0.6 is 11.3 Å². The van der Waals surface area contributed by atoms with Crippen molar-refractivity contribution in [2.45, 2.75) is 6.92 Å². The second-order valence-electron chi connectivity index (χ2n) is 5.60. The second-order valence-corrected chi connectivity index (χ2v) is 6.63. The zero-order valence-electron chi connectivity index (χ0n) is 13.8. The first-order valence-electron chi connectivity index (χ1n) is 7.81. The Morgan fingerprint density at radius 3 is 2.92 bits per heavy atom. The molecule has 0 spiro atoms. The molecule has 0 atom stereocenters. The third-order valence-electron chi connectivity index (χ3n) is 3.93. The summed E-state index contributed by atoms with van der Waals surface area (Å²) >= 11 is 1.44. The summed E-state index contributed by atoms with van der Waals surface area (Å²) in [6.07, 6.45) is 0. The molecule has 0 bridgehead atoms. The third-order valence-corrected chi connectivity index (χ3v) is 4.87. The highest BCUT2D eigenvalue weighted by molar-refractivity contribution is 7.22. The molecule has 0 fully saturated rings. The molecule has 0 saturated heterocycles. The number of hydrogen-bond donors (Lipinski definition) is 1. The van der Waals surface area contributed by atoms with E-state index >= 15 is 0 Å². The molecule has 1 N–H and O–H groups in total. The monoisotopic (exact) mass is 356 g/mol. The molecule has 1 aliphatic rings. The predicted molar refractivity (Wildman–Crippen MR) is 96.3 cm³/mol. The normalized spacial score (nSPS) is 12.9. The minimum absolute atomic E-state index is 0.271. The number of ether oxygens (including phenoxy) is 3. The van der Waals surface area contributed by atoms with Crippen molar-refractivity contribution in [3.05, 3.63) is 41.5 Å². The maximum Gasteiger partial charge on any atom is 0.257 e. The number of para-hydroxylation sites is 1. The largest absolute Gasteiger partial charge is 0.493 e. The summed E-state index contributed by atoms with van der Waals surface area (Å²) < 4.78 is 17.5. The van der Waals surface area contributed by atoms with Gasteiger partial charge in [0.2, 0.25) is 5.75 Å². The Morgan fingerprint density at radius 2 is 2.12 bits per heavy atom. The summed E-state index contributed by atoms with van der Waals surface area (Å²) in [5.74, 6) is 1.24. The molecule has 2 aromatic carbocycles. The van der Waals surface area contributed by atoms with E-state index < -0.39 is 0 Å². The molecule has 0 saturated carbocycles. The van der Waals surface area contributed by atoms with Crippen LogP contribution in [0.1, 0.15) is 15.9 Å². The fourth-order valence-corrected chi connectivity index (χ4v) is 3.65. The van der Waals surface area contributed by atoms with Crippen LogP contribution in [0.25, 0.3) is 10.2 Å². The molecular weight excluding hydrogens is 340 g/mol. The Balaban J connectivity index is 1.65. The summed E-state index contributed by atoms with van der Waals surface area (Å²) in [6, 6.07) is 9.27. The van der Waals surface area contributed by atoms with Crippen LogP contribution in [0, 0.1) is 6.92 Å². The highest BCUT2D eigenvalue weighted by Gasteiger charge is 2.21. The van der Waals surface area contributed by atoms with Gasteiger partial charge in [-0.3, -0.25) is 10.1 Å². The average Bonchev–Trinajstić information content (AvgIpc) is 3.04. The summed E-state index contributed by atoms with van der Waals surface area (Å²) in [7, 11) is 1.53. The van der Waals surface area contributed by atoms with Crippen molar-refractivity contribution in [3.8, 4) is 17.2 Å². The van der Waals surface area contributed by atoms with Gasteiger partial charge < -0.3 is 14.2 Å². The number of nitrogens with zero attached hydrogens (tertiary/aromatic N) is 1. The molecule has 3 aromatic rings. The van der Waals surface area contributed by atoms with E-state index in [9.17, 15) is 4.79 Å². The highest BCUT2D eigenvalue weighted by atomic mass is 32.1. The van der Waals surface area contributed by atoms with Crippen molar-refractivity contribution in [1.29, 1.82) is 0 Å². The zero-order valence-corrected chi connectivity index (χ0v) is 14.6. The van der Waals surface area contributed by atoms with Gasteiger partial charge in [0, 0.05) is 5.56 Å². The number of carbonyl (C=O) groups is 1. The molecule has 2 heterocycles. The molecule has 1 aromatic heterocycles. The Bertz CT molecular complexity index is 950. The standard InChI is InChI=1S/C18H16N2O4S/c1-10-4-3-5-14-15(10)19-18(25-14)20-17(21)11-8-12(22-2)16-13(9-11)23-6-7-24-16/h3-5,8-9H,6-7H2,1-2H3,(H,19,20,21). The fourth-order valence-electron chi connectivity index (χ4n) is 2.71. The predicted octanol–water partition coefficient (Wildman–Crippen LogP) is 3.64. The van der Waals surface area contributed by atoms with Gasteiger partial charge in [0.25, 0.3) is 5.91 Å². The summed E-state index contributed by atoms with van der Waals surface area (Å²) in [4.78, 5) is 17.1. The van der Waals surface area contributed by atoms with Crippen molar-refractivity contribution >= 4 is 32.6 Å². The van der Waals surface area contributed by atoms with Crippen molar-refractivity contribution in [2.24, 2.45) is 0 Å². The van der Waals surface area contributed by atoms with Crippen molar-refractivity contribution in [1.82, 2.24) is 4.98 Å². The topological polar surface area (TPSA) is 69.7 Å². The van der Waals surface area contributed by atoms with E-state index in [1.54, 1.807) is 12.1 Å². The number of nitrogens with one attached hydrogen (secondary N) is 1. The first kappa shape index (κ1) is 15.7. The second kappa shape index (κ2) is 6.25. The number of anilines is 1. The van der Waals surface area contributed by atoms with E-state index in [2.05, 4.69) is 10.3 Å². The minimum Gasteiger partial charge on any atom is -0.493 e. The SMILES string of the molecule is COc1cc(C(=O)Nc2nc3c(C)cccc3s2)cc2c1OCCO2. The van der Waals surface area contributed by atoms with Gasteiger partial charge in [-0.05, 0) is 30.7 Å². The molecule has 6 nitrogen and oxygen atoms in total. The first-order chi connectivity index (χ1) is 12.2. The summed E-state index contributed by atoms with van der Waals surface area (Å²) in [6.45, 7) is 2.90. The molecule has 1 amide bonds. The number of thiazole rings is 1. The van der Waals surface area contributed by atoms with Gasteiger partial charge in [0.15, 0.2) is 16.6 Å². The van der Waals surface area contributed by atoms with Crippen LogP contribution in [0.4, 0.5) is 5.13 Å². The number of carbonyl (C=O) groups excluding carboxylic acids is 1. The number of rotatable bonds is 3. The lowest BCUT2D eigenvalue weighted by molar-refractivity contribution is 0.102. The van der Waals surface area contributed by atoms with Crippen molar-refractivity contribution in [3.63, 3.8) is 0 Å². The molecule has 0 unspecified atom stereocenters. The molecule has 7 heteroatoms. The summed E-state index contributed by atoms with van der Waals surface area (Å²) in [5.41, 5.74) is 2.41. The Kier molecular flexibility index (Phi) is 3.93. The van der Waals surface area contributed by atoms with Gasteiger partial charge in [0.05, 0.1) is 17.3 Å². The molecule has 1 aliphatic heterocycles. The quantitative estimate of drug-likeness (QED) is 0.776. The Morgan fingerprint density at radius 1 is 1.28 bits per heavy atom. The van der Waals surface area contributed by atoms with Crippen LogP contribution in [0.15, 0.2) is 30.3 Å². The van der Waals surface area contributed by atoms with Crippen molar-refractivity contribution < 1.29 is 19.0 Å². The Labute approximate surface area is 148 Å². The lowest BCUT2D eigenvalue weighted by Crippen LogP contribution is -2.18. The van der Waals surface area contributed by atoms with E-state index in [0.717, 1.165) is 15.8 Å². The van der Waals surface area contributed by atoms with E-state index in [1.807, 2.05) is 25.1 Å². The maximum atomic E-state index is 12.6. The summed E-state index contributed by atoms with van der Waals surface area (Å²) in [5, 5.41) is 3.41. The molecular formula is C18H16N2O4S. The fraction of sp³-hybridized carbons (Fsp3) is 0.222. The number of aryl methyl sites for hydroxylation is 1. The van der Waals surface area contributed by atoms with Crippen LogP contribution < -0.4 is 19.5 Å².